The quantitative estimate of drug-likeness (QED) is 0.466. The van der Waals surface area contributed by atoms with Crippen molar-refractivity contribution in [3.05, 3.63) is 49.1 Å². The van der Waals surface area contributed by atoms with Gasteiger partial charge in [-0.25, -0.2) is 19.9 Å². The highest BCUT2D eigenvalue weighted by Gasteiger charge is 2.18. The zero-order valence-corrected chi connectivity index (χ0v) is 19.1. The molecule has 2 aliphatic rings. The Morgan fingerprint density at radius 1 is 0.794 bits per heavy atom. The maximum Gasteiger partial charge on any atom is 0.225 e. The van der Waals surface area contributed by atoms with Crippen LogP contribution in [-0.4, -0.2) is 64.3 Å². The number of anilines is 4. The van der Waals surface area contributed by atoms with Gasteiger partial charge in [-0.1, -0.05) is 12.1 Å². The average Bonchev–Trinajstić information content (AvgIpc) is 3.35. The van der Waals surface area contributed by atoms with Gasteiger partial charge in [0.25, 0.3) is 0 Å². The first-order chi connectivity index (χ1) is 16.8. The molecular formula is C25H28N8O. The lowest BCUT2D eigenvalue weighted by Crippen LogP contribution is -2.36. The topological polar surface area (TPSA) is 95.1 Å². The van der Waals surface area contributed by atoms with E-state index in [0.29, 0.717) is 0 Å². The van der Waals surface area contributed by atoms with E-state index in [-0.39, 0.29) is 0 Å². The van der Waals surface area contributed by atoms with Gasteiger partial charge in [0.2, 0.25) is 5.95 Å². The second-order valence-electron chi connectivity index (χ2n) is 8.76. The van der Waals surface area contributed by atoms with Crippen LogP contribution in [0.4, 0.5) is 23.1 Å². The van der Waals surface area contributed by atoms with Crippen LogP contribution in [0.2, 0.25) is 0 Å². The number of H-pyrrole nitrogens is 1. The predicted molar refractivity (Wildman–Crippen MR) is 134 cm³/mol. The molecular weight excluding hydrogens is 428 g/mol. The van der Waals surface area contributed by atoms with Crippen molar-refractivity contribution >= 4 is 34.2 Å². The fourth-order valence-electron chi connectivity index (χ4n) is 4.65. The summed E-state index contributed by atoms with van der Waals surface area (Å²) in [5.41, 5.74) is 4.83. The van der Waals surface area contributed by atoms with Gasteiger partial charge in [-0.3, -0.25) is 0 Å². The maximum atomic E-state index is 5.49. The van der Waals surface area contributed by atoms with Crippen molar-refractivity contribution in [2.24, 2.45) is 0 Å². The van der Waals surface area contributed by atoms with Gasteiger partial charge in [-0.05, 0) is 43.0 Å². The lowest BCUT2D eigenvalue weighted by molar-refractivity contribution is 0.122. The highest BCUT2D eigenvalue weighted by molar-refractivity contribution is 5.92. The van der Waals surface area contributed by atoms with Crippen molar-refractivity contribution < 1.29 is 4.74 Å². The van der Waals surface area contributed by atoms with Crippen LogP contribution in [0.3, 0.4) is 0 Å². The number of aromatic nitrogens is 5. The Balaban J connectivity index is 1.17. The molecule has 2 aliphatic heterocycles. The van der Waals surface area contributed by atoms with Gasteiger partial charge in [0.15, 0.2) is 0 Å². The summed E-state index contributed by atoms with van der Waals surface area (Å²) in [6, 6.07) is 10.5. The molecule has 0 unspecified atom stereocenters. The minimum absolute atomic E-state index is 0.725. The molecule has 34 heavy (non-hydrogen) atoms. The molecule has 2 fully saturated rings. The zero-order valence-electron chi connectivity index (χ0n) is 19.1. The van der Waals surface area contributed by atoms with Crippen LogP contribution < -0.4 is 15.1 Å². The zero-order chi connectivity index (χ0) is 22.7. The number of morpholine rings is 1. The molecule has 0 spiro atoms. The van der Waals surface area contributed by atoms with E-state index in [0.717, 1.165) is 84.8 Å². The molecule has 5 heterocycles. The number of benzene rings is 1. The van der Waals surface area contributed by atoms with Crippen LogP contribution in [0, 0.1) is 0 Å². The summed E-state index contributed by atoms with van der Waals surface area (Å²) >= 11 is 0. The predicted octanol–water partition coefficient (Wildman–Crippen LogP) is 3.99. The van der Waals surface area contributed by atoms with E-state index in [1.54, 1.807) is 6.33 Å². The van der Waals surface area contributed by atoms with Gasteiger partial charge in [0, 0.05) is 37.6 Å². The molecule has 0 bridgehead atoms. The van der Waals surface area contributed by atoms with E-state index in [1.165, 1.54) is 19.3 Å². The summed E-state index contributed by atoms with van der Waals surface area (Å²) in [6.07, 6.45) is 9.06. The van der Waals surface area contributed by atoms with Crippen molar-refractivity contribution in [2.45, 2.75) is 19.3 Å². The van der Waals surface area contributed by atoms with Crippen LogP contribution in [0.15, 0.2) is 49.1 Å². The van der Waals surface area contributed by atoms with Crippen LogP contribution in [0.25, 0.3) is 22.3 Å². The number of hydrogen-bond donors (Lipinski definition) is 2. The van der Waals surface area contributed by atoms with Gasteiger partial charge in [0.1, 0.15) is 17.8 Å². The fourth-order valence-corrected chi connectivity index (χ4v) is 4.65. The third-order valence-corrected chi connectivity index (χ3v) is 6.48. The first kappa shape index (κ1) is 20.9. The Bertz CT molecular complexity index is 1240. The molecule has 9 nitrogen and oxygen atoms in total. The summed E-state index contributed by atoms with van der Waals surface area (Å²) in [6.45, 7) is 5.22. The standard InChI is InChI=1S/C25H28N8O/c1-2-8-33(9-3-1)25-26-15-20(16-27-25)30-19-6-4-18(5-7-19)22-14-21-23(31-22)28-17-29-24(21)32-10-12-34-13-11-32/h4-7,14-17,30H,1-3,8-13H2,(H,28,29,31). The monoisotopic (exact) mass is 456 g/mol. The smallest absolute Gasteiger partial charge is 0.225 e. The summed E-state index contributed by atoms with van der Waals surface area (Å²) in [5, 5.41) is 4.43. The van der Waals surface area contributed by atoms with Gasteiger partial charge < -0.3 is 24.8 Å². The summed E-state index contributed by atoms with van der Waals surface area (Å²) in [4.78, 5) is 26.1. The third kappa shape index (κ3) is 4.26. The van der Waals surface area contributed by atoms with Crippen molar-refractivity contribution in [3.8, 4) is 11.3 Å². The van der Waals surface area contributed by atoms with Crippen molar-refractivity contribution in [1.82, 2.24) is 24.9 Å². The average molecular weight is 457 g/mol. The van der Waals surface area contributed by atoms with E-state index >= 15 is 0 Å². The van der Waals surface area contributed by atoms with Crippen LogP contribution in [-0.2, 0) is 4.74 Å². The van der Waals surface area contributed by atoms with Crippen LogP contribution in [0.1, 0.15) is 19.3 Å². The highest BCUT2D eigenvalue weighted by atomic mass is 16.5. The van der Waals surface area contributed by atoms with Gasteiger partial charge in [-0.15, -0.1) is 0 Å². The lowest BCUT2D eigenvalue weighted by atomic mass is 10.1. The number of nitrogens with zero attached hydrogens (tertiary/aromatic N) is 6. The number of rotatable bonds is 5. The van der Waals surface area contributed by atoms with E-state index in [1.807, 2.05) is 12.4 Å². The van der Waals surface area contributed by atoms with Gasteiger partial charge in [0.05, 0.1) is 36.7 Å². The summed E-state index contributed by atoms with van der Waals surface area (Å²) in [7, 11) is 0. The molecule has 1 aromatic carbocycles. The number of fused-ring (bicyclic) bond motifs is 1. The van der Waals surface area contributed by atoms with E-state index in [9.17, 15) is 0 Å². The molecule has 0 atom stereocenters. The molecule has 2 N–H and O–H groups in total. The van der Waals surface area contributed by atoms with Gasteiger partial charge in [-0.2, -0.15) is 0 Å². The van der Waals surface area contributed by atoms with Crippen molar-refractivity contribution in [3.63, 3.8) is 0 Å². The lowest BCUT2D eigenvalue weighted by Gasteiger charge is -2.27. The molecule has 174 valence electrons. The largest absolute Gasteiger partial charge is 0.378 e. The minimum atomic E-state index is 0.725. The number of aromatic amines is 1. The fraction of sp³-hybridized carbons (Fsp3) is 0.360. The van der Waals surface area contributed by atoms with Crippen molar-refractivity contribution in [1.29, 1.82) is 0 Å². The number of hydrogen-bond acceptors (Lipinski definition) is 8. The number of nitrogens with one attached hydrogen (secondary N) is 2. The molecule has 0 saturated carbocycles. The number of ether oxygens (including phenoxy) is 1. The Hall–Kier alpha value is -3.72. The normalized spacial score (nSPS) is 16.7. The SMILES string of the molecule is c1nc(N2CCOCC2)c2cc(-c3ccc(Nc4cnc(N5CCCCC5)nc4)cc3)[nH]c2n1. The van der Waals surface area contributed by atoms with Crippen molar-refractivity contribution in [2.75, 3.05) is 54.5 Å². The van der Waals surface area contributed by atoms with Gasteiger partial charge >= 0.3 is 0 Å². The molecule has 9 heteroatoms. The Labute approximate surface area is 198 Å². The van der Waals surface area contributed by atoms with Crippen LogP contribution in [0.5, 0.6) is 0 Å². The molecule has 0 amide bonds. The van der Waals surface area contributed by atoms with Crippen LogP contribution >= 0.6 is 0 Å². The van der Waals surface area contributed by atoms with E-state index < -0.39 is 0 Å². The first-order valence-corrected chi connectivity index (χ1v) is 11.9. The summed E-state index contributed by atoms with van der Waals surface area (Å²) in [5.74, 6) is 1.78. The second kappa shape index (κ2) is 9.26. The maximum absolute atomic E-state index is 5.49. The highest BCUT2D eigenvalue weighted by Crippen LogP contribution is 2.30. The molecule has 0 aliphatic carbocycles. The molecule has 6 rings (SSSR count). The Morgan fingerprint density at radius 2 is 1.56 bits per heavy atom. The molecule has 2 saturated heterocycles. The Kier molecular flexibility index (Phi) is 5.68. The third-order valence-electron chi connectivity index (χ3n) is 6.48. The molecule has 3 aromatic heterocycles. The summed E-state index contributed by atoms with van der Waals surface area (Å²) < 4.78 is 5.49. The minimum Gasteiger partial charge on any atom is -0.378 e. The first-order valence-electron chi connectivity index (χ1n) is 11.9. The number of piperidine rings is 1. The Morgan fingerprint density at radius 3 is 2.32 bits per heavy atom. The van der Waals surface area contributed by atoms with E-state index in [4.69, 9.17) is 4.74 Å². The molecule has 0 radical (unpaired) electrons. The molecule has 4 aromatic rings. The van der Waals surface area contributed by atoms with E-state index in [2.05, 4.69) is 70.4 Å². The second-order valence-corrected chi connectivity index (χ2v) is 8.76.